The molecule has 0 aliphatic rings. The van der Waals surface area contributed by atoms with Crippen molar-refractivity contribution in [1.29, 1.82) is 0 Å². The molecule has 0 aliphatic heterocycles. The van der Waals surface area contributed by atoms with Gasteiger partial charge < -0.3 is 0 Å². The van der Waals surface area contributed by atoms with Gasteiger partial charge in [0.25, 0.3) is 0 Å². The van der Waals surface area contributed by atoms with Gasteiger partial charge in [-0.2, -0.15) is 0 Å². The Morgan fingerprint density at radius 2 is 1.65 bits per heavy atom. The molecule has 104 valence electrons. The first-order valence-electron chi connectivity index (χ1n) is 6.10. The summed E-state index contributed by atoms with van der Waals surface area (Å²) in [5.41, 5.74) is 4.09. The monoisotopic (exact) mass is 288 g/mol. The largest absolute Gasteiger partial charge is 0.256 e. The van der Waals surface area contributed by atoms with Gasteiger partial charge in [0.15, 0.2) is 0 Å². The Hall–Kier alpha value is -1.98. The summed E-state index contributed by atoms with van der Waals surface area (Å²) in [6, 6.07) is 12.2. The van der Waals surface area contributed by atoms with E-state index in [0.717, 1.165) is 11.3 Å². The SMILES string of the molecule is Cc1ccc(N=Cc2ccc(S(N)(=O)=O)cc2)cc1C. The molecule has 0 radical (unpaired) electrons. The van der Waals surface area contributed by atoms with Crippen molar-refractivity contribution in [2.45, 2.75) is 18.7 Å². The summed E-state index contributed by atoms with van der Waals surface area (Å²) in [5, 5.41) is 5.04. The van der Waals surface area contributed by atoms with Crippen molar-refractivity contribution in [3.63, 3.8) is 0 Å². The summed E-state index contributed by atoms with van der Waals surface area (Å²) in [6.45, 7) is 4.09. The molecule has 5 heteroatoms. The topological polar surface area (TPSA) is 72.5 Å². The maximum atomic E-state index is 11.1. The number of primary sulfonamides is 1. The Morgan fingerprint density at radius 1 is 1.00 bits per heavy atom. The lowest BCUT2D eigenvalue weighted by molar-refractivity contribution is 0.598. The molecule has 0 amide bonds. The molecule has 0 saturated heterocycles. The zero-order valence-corrected chi connectivity index (χ0v) is 12.2. The highest BCUT2D eigenvalue weighted by molar-refractivity contribution is 7.89. The van der Waals surface area contributed by atoms with E-state index in [9.17, 15) is 8.42 Å². The van der Waals surface area contributed by atoms with Crippen LogP contribution in [0.4, 0.5) is 5.69 Å². The van der Waals surface area contributed by atoms with Gasteiger partial charge in [0.2, 0.25) is 10.0 Å². The van der Waals surface area contributed by atoms with Gasteiger partial charge in [0.1, 0.15) is 0 Å². The van der Waals surface area contributed by atoms with Crippen LogP contribution in [0.2, 0.25) is 0 Å². The van der Waals surface area contributed by atoms with Gasteiger partial charge in [-0.05, 0) is 54.8 Å². The molecule has 0 atom stereocenters. The predicted octanol–water partition coefficient (Wildman–Crippen LogP) is 2.70. The normalized spacial score (nSPS) is 11.9. The fourth-order valence-electron chi connectivity index (χ4n) is 1.70. The van der Waals surface area contributed by atoms with Crippen LogP contribution in [0.3, 0.4) is 0 Å². The first-order valence-corrected chi connectivity index (χ1v) is 7.65. The molecule has 0 unspecified atom stereocenters. The van der Waals surface area contributed by atoms with Gasteiger partial charge in [0, 0.05) is 6.21 Å². The van der Waals surface area contributed by atoms with Gasteiger partial charge in [-0.1, -0.05) is 18.2 Å². The third-order valence-corrected chi connectivity index (χ3v) is 3.99. The fraction of sp³-hybridized carbons (Fsp3) is 0.133. The zero-order chi connectivity index (χ0) is 14.8. The third-order valence-electron chi connectivity index (χ3n) is 3.06. The van der Waals surface area contributed by atoms with E-state index < -0.39 is 10.0 Å². The Morgan fingerprint density at radius 3 is 2.20 bits per heavy atom. The Balaban J connectivity index is 2.21. The maximum absolute atomic E-state index is 11.1. The van der Waals surface area contributed by atoms with Gasteiger partial charge in [-0.3, -0.25) is 4.99 Å². The minimum Gasteiger partial charge on any atom is -0.256 e. The molecule has 20 heavy (non-hydrogen) atoms. The van der Waals surface area contributed by atoms with Crippen molar-refractivity contribution in [1.82, 2.24) is 0 Å². The quantitative estimate of drug-likeness (QED) is 0.882. The molecule has 0 aliphatic carbocycles. The molecule has 0 aromatic heterocycles. The highest BCUT2D eigenvalue weighted by Gasteiger charge is 2.05. The Kier molecular flexibility index (Phi) is 4.01. The number of aliphatic imine (C=N–C) groups is 1. The number of nitrogens with zero attached hydrogens (tertiary/aromatic N) is 1. The molecule has 2 rings (SSSR count). The first-order chi connectivity index (χ1) is 9.36. The molecule has 0 heterocycles. The van der Waals surface area contributed by atoms with Crippen molar-refractivity contribution < 1.29 is 8.42 Å². The van der Waals surface area contributed by atoms with E-state index in [-0.39, 0.29) is 4.90 Å². The predicted molar refractivity (Wildman–Crippen MR) is 81.0 cm³/mol. The second kappa shape index (κ2) is 5.56. The minimum absolute atomic E-state index is 0.0980. The lowest BCUT2D eigenvalue weighted by atomic mass is 10.1. The molecule has 0 saturated carbocycles. The van der Waals surface area contributed by atoms with Crippen LogP contribution in [0.1, 0.15) is 16.7 Å². The average Bonchev–Trinajstić information content (AvgIpc) is 2.40. The van der Waals surface area contributed by atoms with E-state index in [1.54, 1.807) is 18.3 Å². The zero-order valence-electron chi connectivity index (χ0n) is 11.4. The van der Waals surface area contributed by atoms with Gasteiger partial charge in [-0.15, -0.1) is 0 Å². The van der Waals surface area contributed by atoms with Crippen LogP contribution in [0.5, 0.6) is 0 Å². The van der Waals surface area contributed by atoms with E-state index >= 15 is 0 Å². The van der Waals surface area contributed by atoms with Crippen LogP contribution >= 0.6 is 0 Å². The standard InChI is InChI=1S/C15H16N2O2S/c1-11-3-6-14(9-12(11)2)17-10-13-4-7-15(8-5-13)20(16,18)19/h3-10H,1-2H3,(H2,16,18,19). The number of rotatable bonds is 3. The molecule has 0 bridgehead atoms. The van der Waals surface area contributed by atoms with Gasteiger partial charge in [0.05, 0.1) is 10.6 Å². The lowest BCUT2D eigenvalue weighted by Crippen LogP contribution is -2.11. The van der Waals surface area contributed by atoms with Crippen molar-refractivity contribution in [2.24, 2.45) is 10.1 Å². The van der Waals surface area contributed by atoms with Crippen molar-refractivity contribution in [2.75, 3.05) is 0 Å². The molecule has 2 aromatic rings. The lowest BCUT2D eigenvalue weighted by Gasteiger charge is -2.01. The van der Waals surface area contributed by atoms with Crippen LogP contribution in [0.25, 0.3) is 0 Å². The van der Waals surface area contributed by atoms with E-state index in [4.69, 9.17) is 5.14 Å². The number of sulfonamides is 1. The summed E-state index contributed by atoms with van der Waals surface area (Å²) in [4.78, 5) is 4.46. The minimum atomic E-state index is -3.64. The Bertz CT molecular complexity index is 748. The average molecular weight is 288 g/mol. The molecule has 2 N–H and O–H groups in total. The molecule has 2 aromatic carbocycles. The second-order valence-electron chi connectivity index (χ2n) is 4.64. The molecule has 4 nitrogen and oxygen atoms in total. The second-order valence-corrected chi connectivity index (χ2v) is 6.20. The Labute approximate surface area is 119 Å². The van der Waals surface area contributed by atoms with Crippen LogP contribution in [-0.2, 0) is 10.0 Å². The summed E-state index contributed by atoms with van der Waals surface area (Å²) >= 11 is 0. The molecule has 0 fully saturated rings. The van der Waals surface area contributed by atoms with Crippen molar-refractivity contribution >= 4 is 21.9 Å². The van der Waals surface area contributed by atoms with Crippen molar-refractivity contribution in [3.05, 3.63) is 59.2 Å². The van der Waals surface area contributed by atoms with Crippen LogP contribution in [0.15, 0.2) is 52.4 Å². The van der Waals surface area contributed by atoms with Crippen molar-refractivity contribution in [3.8, 4) is 0 Å². The molecular formula is C15H16N2O2S. The van der Waals surface area contributed by atoms with E-state index in [2.05, 4.69) is 11.9 Å². The number of hydrogen-bond acceptors (Lipinski definition) is 3. The number of aryl methyl sites for hydroxylation is 2. The van der Waals surface area contributed by atoms with Gasteiger partial charge in [-0.25, -0.2) is 13.6 Å². The van der Waals surface area contributed by atoms with E-state index in [1.807, 2.05) is 25.1 Å². The van der Waals surface area contributed by atoms with Crippen LogP contribution in [-0.4, -0.2) is 14.6 Å². The first kappa shape index (κ1) is 14.4. The van der Waals surface area contributed by atoms with Crippen LogP contribution < -0.4 is 5.14 Å². The summed E-state index contributed by atoms with van der Waals surface area (Å²) in [6.07, 6.45) is 1.69. The fourth-order valence-corrected chi connectivity index (χ4v) is 2.21. The summed E-state index contributed by atoms with van der Waals surface area (Å²) in [5.74, 6) is 0. The number of hydrogen-bond donors (Lipinski definition) is 1. The molecular weight excluding hydrogens is 272 g/mol. The summed E-state index contributed by atoms with van der Waals surface area (Å²) in [7, 11) is -3.64. The van der Waals surface area contributed by atoms with Crippen LogP contribution in [0, 0.1) is 13.8 Å². The highest BCUT2D eigenvalue weighted by atomic mass is 32.2. The smallest absolute Gasteiger partial charge is 0.238 e. The highest BCUT2D eigenvalue weighted by Crippen LogP contribution is 2.17. The third kappa shape index (κ3) is 3.53. The number of nitrogens with two attached hydrogens (primary N) is 1. The maximum Gasteiger partial charge on any atom is 0.238 e. The molecule has 0 spiro atoms. The van der Waals surface area contributed by atoms with Gasteiger partial charge >= 0.3 is 0 Å². The van der Waals surface area contributed by atoms with E-state index in [1.165, 1.54) is 23.3 Å². The summed E-state index contributed by atoms with van der Waals surface area (Å²) < 4.78 is 22.3. The number of benzene rings is 2. The van der Waals surface area contributed by atoms with E-state index in [0.29, 0.717) is 0 Å².